The van der Waals surface area contributed by atoms with E-state index in [1.165, 1.54) is 12.1 Å². The van der Waals surface area contributed by atoms with Gasteiger partial charge in [0, 0.05) is 21.6 Å². The smallest absolute Gasteiger partial charge is 0.128 e. The highest BCUT2D eigenvalue weighted by Crippen LogP contribution is 2.21. The van der Waals surface area contributed by atoms with Gasteiger partial charge in [0.1, 0.15) is 11.6 Å². The van der Waals surface area contributed by atoms with Gasteiger partial charge in [-0.05, 0) is 49.7 Å². The molecule has 0 aliphatic rings. The van der Waals surface area contributed by atoms with Crippen LogP contribution in [0, 0.1) is 5.82 Å². The van der Waals surface area contributed by atoms with Gasteiger partial charge in [-0.1, -0.05) is 39.7 Å². The lowest BCUT2D eigenvalue weighted by molar-refractivity contribution is 0.304. The Morgan fingerprint density at radius 3 is 2.82 bits per heavy atom. The van der Waals surface area contributed by atoms with Crippen molar-refractivity contribution in [3.63, 3.8) is 0 Å². The van der Waals surface area contributed by atoms with Crippen LogP contribution in [0.3, 0.4) is 0 Å². The summed E-state index contributed by atoms with van der Waals surface area (Å²) in [5.74, 6) is 0.229. The summed E-state index contributed by atoms with van der Waals surface area (Å²) in [5, 5.41) is 4.15. The highest BCUT2D eigenvalue weighted by Gasteiger charge is 2.05. The van der Waals surface area contributed by atoms with Crippen molar-refractivity contribution in [1.82, 2.24) is 5.32 Å². The Hall–Kier alpha value is -1.10. The zero-order chi connectivity index (χ0) is 15.9. The molecule has 0 heterocycles. The third-order valence-electron chi connectivity index (χ3n) is 3.23. The molecule has 1 N–H and O–H groups in total. The second-order valence-electron chi connectivity index (χ2n) is 5.04. The van der Waals surface area contributed by atoms with Crippen LogP contribution in [0.25, 0.3) is 0 Å². The predicted molar refractivity (Wildman–Crippen MR) is 92.1 cm³/mol. The highest BCUT2D eigenvalue weighted by molar-refractivity contribution is 9.10. The molecule has 0 aliphatic carbocycles. The van der Waals surface area contributed by atoms with Gasteiger partial charge >= 0.3 is 0 Å². The third kappa shape index (κ3) is 5.59. The summed E-state index contributed by atoms with van der Waals surface area (Å²) < 4.78 is 19.4. The quantitative estimate of drug-likeness (QED) is 0.647. The topological polar surface area (TPSA) is 21.3 Å². The van der Waals surface area contributed by atoms with Crippen molar-refractivity contribution in [1.29, 1.82) is 0 Å². The van der Waals surface area contributed by atoms with Crippen LogP contribution < -0.4 is 10.1 Å². The first-order chi connectivity index (χ1) is 10.5. The molecule has 0 aromatic heterocycles. The van der Waals surface area contributed by atoms with E-state index < -0.39 is 0 Å². The maximum absolute atomic E-state index is 13.2. The van der Waals surface area contributed by atoms with Crippen molar-refractivity contribution in [3.8, 4) is 5.75 Å². The van der Waals surface area contributed by atoms with Crippen LogP contribution in [0.1, 0.15) is 24.9 Å². The molecular formula is C17H18BrClFNO. The molecule has 2 aromatic carbocycles. The first kappa shape index (κ1) is 17.3. The van der Waals surface area contributed by atoms with Crippen LogP contribution in [-0.2, 0) is 0 Å². The predicted octanol–water partition coefficient (Wildman–Crippen LogP) is 5.36. The molecule has 2 aromatic rings. The van der Waals surface area contributed by atoms with Crippen molar-refractivity contribution in [2.75, 3.05) is 13.2 Å². The zero-order valence-corrected chi connectivity index (χ0v) is 14.6. The van der Waals surface area contributed by atoms with E-state index in [-0.39, 0.29) is 11.9 Å². The van der Waals surface area contributed by atoms with E-state index >= 15 is 0 Å². The number of ether oxygens (including phenoxy) is 1. The molecule has 0 amide bonds. The Bertz CT molecular complexity index is 603. The molecule has 5 heteroatoms. The summed E-state index contributed by atoms with van der Waals surface area (Å²) >= 11 is 9.23. The number of rotatable bonds is 7. The lowest BCUT2D eigenvalue weighted by Crippen LogP contribution is -2.21. The molecule has 22 heavy (non-hydrogen) atoms. The molecule has 118 valence electrons. The Kier molecular flexibility index (Phi) is 6.68. The molecular weight excluding hydrogens is 369 g/mol. The van der Waals surface area contributed by atoms with E-state index in [0.29, 0.717) is 16.8 Å². The summed E-state index contributed by atoms with van der Waals surface area (Å²) in [6, 6.07) is 12.6. The van der Waals surface area contributed by atoms with Gasteiger partial charge in [0.05, 0.1) is 6.61 Å². The van der Waals surface area contributed by atoms with E-state index in [1.807, 2.05) is 24.3 Å². The van der Waals surface area contributed by atoms with Gasteiger partial charge in [-0.3, -0.25) is 0 Å². The molecule has 0 aliphatic heterocycles. The fraction of sp³-hybridized carbons (Fsp3) is 0.294. The monoisotopic (exact) mass is 385 g/mol. The third-order valence-corrected chi connectivity index (χ3v) is 3.92. The van der Waals surface area contributed by atoms with Crippen molar-refractivity contribution < 1.29 is 9.13 Å². The molecule has 0 saturated heterocycles. The Morgan fingerprint density at radius 1 is 1.27 bits per heavy atom. The van der Waals surface area contributed by atoms with Crippen LogP contribution in [0.5, 0.6) is 5.75 Å². The van der Waals surface area contributed by atoms with E-state index in [2.05, 4.69) is 28.2 Å². The van der Waals surface area contributed by atoms with Gasteiger partial charge in [-0.2, -0.15) is 0 Å². The molecule has 2 nitrogen and oxygen atoms in total. The fourth-order valence-electron chi connectivity index (χ4n) is 2.09. The summed E-state index contributed by atoms with van der Waals surface area (Å²) in [4.78, 5) is 0. The Balaban J connectivity index is 1.71. The van der Waals surface area contributed by atoms with Crippen LogP contribution in [0.15, 0.2) is 46.9 Å². The zero-order valence-electron chi connectivity index (χ0n) is 12.3. The number of hydrogen-bond acceptors (Lipinski definition) is 2. The first-order valence-electron chi connectivity index (χ1n) is 7.12. The van der Waals surface area contributed by atoms with Crippen molar-refractivity contribution in [2.45, 2.75) is 19.4 Å². The fourth-order valence-corrected chi connectivity index (χ4v) is 2.73. The van der Waals surface area contributed by atoms with Gasteiger partial charge in [-0.25, -0.2) is 4.39 Å². The minimum atomic E-state index is -0.308. The number of benzene rings is 2. The van der Waals surface area contributed by atoms with Gasteiger partial charge in [-0.15, -0.1) is 0 Å². The Labute approximate surface area is 143 Å². The lowest BCUT2D eigenvalue weighted by Gasteiger charge is -2.14. The average molecular weight is 387 g/mol. The molecule has 0 unspecified atom stereocenters. The minimum Gasteiger partial charge on any atom is -0.493 e. The largest absolute Gasteiger partial charge is 0.493 e. The highest BCUT2D eigenvalue weighted by atomic mass is 79.9. The molecule has 0 saturated carbocycles. The van der Waals surface area contributed by atoms with Crippen LogP contribution >= 0.6 is 27.5 Å². The molecule has 1 atom stereocenters. The number of nitrogens with one attached hydrogen (secondary N) is 1. The minimum absolute atomic E-state index is 0.224. The molecule has 0 bridgehead atoms. The summed E-state index contributed by atoms with van der Waals surface area (Å²) in [7, 11) is 0. The van der Waals surface area contributed by atoms with Crippen molar-refractivity contribution in [2.24, 2.45) is 0 Å². The maximum atomic E-state index is 13.2. The van der Waals surface area contributed by atoms with Gasteiger partial charge in [0.2, 0.25) is 0 Å². The van der Waals surface area contributed by atoms with Gasteiger partial charge in [0.25, 0.3) is 0 Å². The normalized spacial score (nSPS) is 12.2. The van der Waals surface area contributed by atoms with Gasteiger partial charge < -0.3 is 10.1 Å². The lowest BCUT2D eigenvalue weighted by atomic mass is 10.1. The van der Waals surface area contributed by atoms with E-state index in [9.17, 15) is 4.39 Å². The first-order valence-corrected chi connectivity index (χ1v) is 8.29. The van der Waals surface area contributed by atoms with Crippen LogP contribution in [-0.4, -0.2) is 13.2 Å². The Morgan fingerprint density at radius 2 is 2.09 bits per heavy atom. The number of halogens is 3. The van der Waals surface area contributed by atoms with E-state index in [4.69, 9.17) is 16.3 Å². The van der Waals surface area contributed by atoms with Crippen LogP contribution in [0.4, 0.5) is 4.39 Å². The SMILES string of the molecule is C[C@@H](NCCCOc1cc(F)cc(Br)c1)c1cccc(Cl)c1. The van der Waals surface area contributed by atoms with Crippen molar-refractivity contribution >= 4 is 27.5 Å². The van der Waals surface area contributed by atoms with Gasteiger partial charge in [0.15, 0.2) is 0 Å². The molecule has 0 fully saturated rings. The second kappa shape index (κ2) is 8.51. The molecule has 0 spiro atoms. The summed E-state index contributed by atoms with van der Waals surface area (Å²) in [6.45, 7) is 3.44. The standard InChI is InChI=1S/C17H18BrClFNO/c1-12(13-4-2-5-15(19)8-13)21-6-3-7-22-17-10-14(18)9-16(20)11-17/h2,4-5,8-12,21H,3,6-7H2,1H3/t12-/m1/s1. The number of hydrogen-bond donors (Lipinski definition) is 1. The summed E-state index contributed by atoms with van der Waals surface area (Å²) in [6.07, 6.45) is 0.832. The van der Waals surface area contributed by atoms with E-state index in [1.54, 1.807) is 6.07 Å². The van der Waals surface area contributed by atoms with Crippen molar-refractivity contribution in [3.05, 3.63) is 63.3 Å². The average Bonchev–Trinajstić information content (AvgIpc) is 2.45. The van der Waals surface area contributed by atoms with Crippen LogP contribution in [0.2, 0.25) is 5.02 Å². The summed E-state index contributed by atoms with van der Waals surface area (Å²) in [5.41, 5.74) is 1.16. The van der Waals surface area contributed by atoms with E-state index in [0.717, 1.165) is 23.6 Å². The molecule has 0 radical (unpaired) electrons. The maximum Gasteiger partial charge on any atom is 0.128 e. The molecule has 2 rings (SSSR count). The second-order valence-corrected chi connectivity index (χ2v) is 6.39.